The van der Waals surface area contributed by atoms with E-state index < -0.39 is 5.54 Å². The Morgan fingerprint density at radius 1 is 1.50 bits per heavy atom. The van der Waals surface area contributed by atoms with E-state index in [1.54, 1.807) is 11.0 Å². The molecule has 1 aromatic carbocycles. The van der Waals surface area contributed by atoms with E-state index in [9.17, 15) is 9.18 Å². The number of halogens is 1. The highest BCUT2D eigenvalue weighted by Gasteiger charge is 2.41. The predicted octanol–water partition coefficient (Wildman–Crippen LogP) is 1.86. The van der Waals surface area contributed by atoms with Gasteiger partial charge < -0.3 is 10.2 Å². The van der Waals surface area contributed by atoms with Gasteiger partial charge in [-0.05, 0) is 50.4 Å². The van der Waals surface area contributed by atoms with Crippen molar-refractivity contribution in [3.63, 3.8) is 0 Å². The zero-order chi connectivity index (χ0) is 12.8. The molecule has 1 aromatic rings. The first kappa shape index (κ1) is 11.7. The number of amides is 1. The Labute approximate surface area is 106 Å². The normalized spacial score (nSPS) is 26.4. The van der Waals surface area contributed by atoms with Crippen LogP contribution in [0.5, 0.6) is 0 Å². The zero-order valence-electron chi connectivity index (χ0n) is 10.5. The van der Waals surface area contributed by atoms with Gasteiger partial charge in [0.25, 0.3) is 0 Å². The van der Waals surface area contributed by atoms with Crippen molar-refractivity contribution in [3.8, 4) is 0 Å². The van der Waals surface area contributed by atoms with Crippen molar-refractivity contribution < 1.29 is 9.18 Å². The second-order valence-electron chi connectivity index (χ2n) is 5.34. The fraction of sp³-hybridized carbons (Fsp3) is 0.500. The van der Waals surface area contributed by atoms with Gasteiger partial charge in [0.1, 0.15) is 5.82 Å². The lowest BCUT2D eigenvalue weighted by molar-refractivity contribution is -0.123. The molecule has 0 bridgehead atoms. The summed E-state index contributed by atoms with van der Waals surface area (Å²) in [7, 11) is 0. The van der Waals surface area contributed by atoms with Crippen LogP contribution in [0.3, 0.4) is 0 Å². The molecule has 0 spiro atoms. The average molecular weight is 248 g/mol. The molecule has 3 rings (SSSR count). The van der Waals surface area contributed by atoms with Crippen molar-refractivity contribution in [2.24, 2.45) is 0 Å². The molecule has 4 heteroatoms. The van der Waals surface area contributed by atoms with Gasteiger partial charge in [-0.25, -0.2) is 4.39 Å². The van der Waals surface area contributed by atoms with Crippen LogP contribution in [0, 0.1) is 5.82 Å². The van der Waals surface area contributed by atoms with Crippen LogP contribution in [0.2, 0.25) is 0 Å². The highest BCUT2D eigenvalue weighted by Crippen LogP contribution is 2.32. The quantitative estimate of drug-likeness (QED) is 0.822. The van der Waals surface area contributed by atoms with Gasteiger partial charge in [-0.15, -0.1) is 0 Å². The molecule has 1 saturated heterocycles. The summed E-state index contributed by atoms with van der Waals surface area (Å²) in [6, 6.07) is 4.71. The Morgan fingerprint density at radius 2 is 2.33 bits per heavy atom. The van der Waals surface area contributed by atoms with Gasteiger partial charge >= 0.3 is 0 Å². The second-order valence-corrected chi connectivity index (χ2v) is 5.34. The molecular formula is C14H17FN2O. The average Bonchev–Trinajstić information content (AvgIpc) is 2.95. The Morgan fingerprint density at radius 3 is 3.06 bits per heavy atom. The number of carbonyl (C=O) groups is 1. The highest BCUT2D eigenvalue weighted by molar-refractivity contribution is 6.01. The molecule has 1 unspecified atom stereocenters. The molecule has 2 heterocycles. The highest BCUT2D eigenvalue weighted by atomic mass is 19.1. The zero-order valence-corrected chi connectivity index (χ0v) is 10.5. The molecule has 1 N–H and O–H groups in total. The predicted molar refractivity (Wildman–Crippen MR) is 68.1 cm³/mol. The molecular weight excluding hydrogens is 231 g/mol. The molecule has 18 heavy (non-hydrogen) atoms. The maximum atomic E-state index is 13.3. The summed E-state index contributed by atoms with van der Waals surface area (Å²) in [6.45, 7) is 3.49. The SMILES string of the molecule is CC1(C(=O)N2CCc3ccc(F)cc32)CCCN1. The third-order valence-corrected chi connectivity index (χ3v) is 4.03. The Hall–Kier alpha value is -1.42. The van der Waals surface area contributed by atoms with E-state index in [4.69, 9.17) is 0 Å². The van der Waals surface area contributed by atoms with Crippen molar-refractivity contribution in [2.45, 2.75) is 31.7 Å². The monoisotopic (exact) mass is 248 g/mol. The molecule has 0 aromatic heterocycles. The van der Waals surface area contributed by atoms with E-state index in [0.717, 1.165) is 37.1 Å². The van der Waals surface area contributed by atoms with E-state index in [-0.39, 0.29) is 11.7 Å². The van der Waals surface area contributed by atoms with Crippen LogP contribution in [0.1, 0.15) is 25.3 Å². The molecule has 0 radical (unpaired) electrons. The lowest BCUT2D eigenvalue weighted by Gasteiger charge is -2.29. The number of fused-ring (bicyclic) bond motifs is 1. The first-order valence-electron chi connectivity index (χ1n) is 6.46. The number of carbonyl (C=O) groups excluding carboxylic acids is 1. The van der Waals surface area contributed by atoms with E-state index in [1.807, 2.05) is 6.92 Å². The lowest BCUT2D eigenvalue weighted by Crippen LogP contribution is -2.52. The summed E-state index contributed by atoms with van der Waals surface area (Å²) in [5.41, 5.74) is 1.33. The molecule has 0 aliphatic carbocycles. The minimum absolute atomic E-state index is 0.0735. The van der Waals surface area contributed by atoms with E-state index >= 15 is 0 Å². The first-order valence-corrected chi connectivity index (χ1v) is 6.46. The summed E-state index contributed by atoms with van der Waals surface area (Å²) in [5.74, 6) is -0.206. The van der Waals surface area contributed by atoms with Gasteiger partial charge in [0.15, 0.2) is 0 Å². The smallest absolute Gasteiger partial charge is 0.247 e. The summed E-state index contributed by atoms with van der Waals surface area (Å²) >= 11 is 0. The van der Waals surface area contributed by atoms with Crippen LogP contribution < -0.4 is 10.2 Å². The van der Waals surface area contributed by atoms with Crippen LogP contribution in [-0.4, -0.2) is 24.5 Å². The number of anilines is 1. The molecule has 1 fully saturated rings. The molecule has 1 amide bonds. The van der Waals surface area contributed by atoms with E-state index in [1.165, 1.54) is 12.1 Å². The van der Waals surface area contributed by atoms with Crippen LogP contribution in [-0.2, 0) is 11.2 Å². The third-order valence-electron chi connectivity index (χ3n) is 4.03. The fourth-order valence-electron chi connectivity index (χ4n) is 2.94. The standard InChI is InChI=1S/C14H17FN2O/c1-14(6-2-7-16-14)13(18)17-8-5-10-3-4-11(15)9-12(10)17/h3-4,9,16H,2,5-8H2,1H3. The van der Waals surface area contributed by atoms with E-state index in [0.29, 0.717) is 6.54 Å². The van der Waals surface area contributed by atoms with Crippen molar-refractivity contribution in [3.05, 3.63) is 29.6 Å². The minimum Gasteiger partial charge on any atom is -0.310 e. The Balaban J connectivity index is 1.92. The molecule has 3 nitrogen and oxygen atoms in total. The number of hydrogen-bond donors (Lipinski definition) is 1. The number of rotatable bonds is 1. The number of nitrogens with zero attached hydrogens (tertiary/aromatic N) is 1. The van der Waals surface area contributed by atoms with Gasteiger partial charge in [-0.2, -0.15) is 0 Å². The lowest BCUT2D eigenvalue weighted by atomic mass is 9.98. The molecule has 2 aliphatic rings. The summed E-state index contributed by atoms with van der Waals surface area (Å²) in [4.78, 5) is 14.3. The minimum atomic E-state index is -0.478. The maximum Gasteiger partial charge on any atom is 0.247 e. The second kappa shape index (κ2) is 4.05. The number of hydrogen-bond acceptors (Lipinski definition) is 2. The molecule has 96 valence electrons. The summed E-state index contributed by atoms with van der Waals surface area (Å²) in [6.07, 6.45) is 2.69. The van der Waals surface area contributed by atoms with E-state index in [2.05, 4.69) is 5.32 Å². The van der Waals surface area contributed by atoms with Crippen LogP contribution in [0.4, 0.5) is 10.1 Å². The van der Waals surface area contributed by atoms with Crippen molar-refractivity contribution in [2.75, 3.05) is 18.0 Å². The Bertz CT molecular complexity index is 495. The molecule has 1 atom stereocenters. The van der Waals surface area contributed by atoms with Gasteiger partial charge in [0.2, 0.25) is 5.91 Å². The Kier molecular flexibility index (Phi) is 2.63. The molecule has 2 aliphatic heterocycles. The number of nitrogens with one attached hydrogen (secondary N) is 1. The maximum absolute atomic E-state index is 13.3. The van der Waals surface area contributed by atoms with Crippen molar-refractivity contribution in [1.82, 2.24) is 5.32 Å². The van der Waals surface area contributed by atoms with Crippen LogP contribution in [0.15, 0.2) is 18.2 Å². The van der Waals surface area contributed by atoms with Crippen molar-refractivity contribution >= 4 is 11.6 Å². The number of benzene rings is 1. The fourth-order valence-corrected chi connectivity index (χ4v) is 2.94. The van der Waals surface area contributed by atoms with Gasteiger partial charge in [-0.3, -0.25) is 4.79 Å². The summed E-state index contributed by atoms with van der Waals surface area (Å²) in [5, 5.41) is 3.27. The van der Waals surface area contributed by atoms with Crippen LogP contribution >= 0.6 is 0 Å². The largest absolute Gasteiger partial charge is 0.310 e. The van der Waals surface area contributed by atoms with Gasteiger partial charge in [0.05, 0.1) is 5.54 Å². The van der Waals surface area contributed by atoms with Gasteiger partial charge in [-0.1, -0.05) is 6.07 Å². The third kappa shape index (κ3) is 1.72. The topological polar surface area (TPSA) is 32.3 Å². The van der Waals surface area contributed by atoms with Crippen molar-refractivity contribution in [1.29, 1.82) is 0 Å². The van der Waals surface area contributed by atoms with Crippen LogP contribution in [0.25, 0.3) is 0 Å². The molecule has 0 saturated carbocycles. The first-order chi connectivity index (χ1) is 8.60. The summed E-state index contributed by atoms with van der Waals surface area (Å²) < 4.78 is 13.3. The van der Waals surface area contributed by atoms with Gasteiger partial charge in [0, 0.05) is 12.2 Å².